The molecule has 28 heavy (non-hydrogen) atoms. The maximum atomic E-state index is 13.4. The molecule has 2 heterocycles. The largest absolute Gasteiger partial charge is 0.337 e. The molecular weight excluding hydrogens is 368 g/mol. The van der Waals surface area contributed by atoms with Crippen molar-refractivity contribution in [1.29, 1.82) is 0 Å². The van der Waals surface area contributed by atoms with E-state index in [1.165, 1.54) is 17.5 Å². The van der Waals surface area contributed by atoms with Gasteiger partial charge in [-0.05, 0) is 42.0 Å². The molecule has 0 spiro atoms. The molecule has 1 aromatic heterocycles. The van der Waals surface area contributed by atoms with Crippen LogP contribution >= 0.6 is 11.8 Å². The quantitative estimate of drug-likeness (QED) is 0.736. The van der Waals surface area contributed by atoms with Gasteiger partial charge in [0, 0.05) is 49.8 Å². The number of fused-ring (bicyclic) bond motifs is 1. The van der Waals surface area contributed by atoms with Crippen molar-refractivity contribution in [1.82, 2.24) is 9.55 Å². The van der Waals surface area contributed by atoms with Crippen molar-refractivity contribution in [3.05, 3.63) is 47.5 Å². The van der Waals surface area contributed by atoms with E-state index in [9.17, 15) is 4.79 Å². The van der Waals surface area contributed by atoms with E-state index in [1.54, 1.807) is 18.0 Å². The fourth-order valence-corrected chi connectivity index (χ4v) is 5.03. The van der Waals surface area contributed by atoms with Gasteiger partial charge in [-0.3, -0.25) is 9.79 Å². The zero-order valence-corrected chi connectivity index (χ0v) is 17.7. The molecule has 1 aliphatic heterocycles. The van der Waals surface area contributed by atoms with Crippen molar-refractivity contribution in [2.24, 2.45) is 18.0 Å². The molecule has 0 saturated carbocycles. The van der Waals surface area contributed by atoms with Gasteiger partial charge < -0.3 is 9.47 Å². The molecule has 0 N–H and O–H groups in total. The number of hydrogen-bond donors (Lipinski definition) is 0. The summed E-state index contributed by atoms with van der Waals surface area (Å²) in [4.78, 5) is 24.3. The van der Waals surface area contributed by atoms with Crippen LogP contribution in [-0.4, -0.2) is 32.8 Å². The number of aromatic nitrogens is 2. The number of carbonyl (C=O) groups excluding carboxylic acids is 1. The predicted molar refractivity (Wildman–Crippen MR) is 116 cm³/mol. The Bertz CT molecular complexity index is 904. The number of carbonyl (C=O) groups is 1. The van der Waals surface area contributed by atoms with Gasteiger partial charge in [-0.2, -0.15) is 0 Å². The van der Waals surface area contributed by atoms with Crippen LogP contribution < -0.4 is 4.90 Å². The van der Waals surface area contributed by atoms with Crippen LogP contribution in [0.4, 0.5) is 5.69 Å². The number of nitrogens with zero attached hydrogens (tertiary/aromatic N) is 4. The van der Waals surface area contributed by atoms with Crippen LogP contribution in [0.25, 0.3) is 0 Å². The summed E-state index contributed by atoms with van der Waals surface area (Å²) in [7, 11) is 1.97. The molecule has 1 amide bonds. The number of amides is 1. The molecule has 5 nitrogen and oxygen atoms in total. The number of thioether (sulfide) groups is 1. The molecule has 0 radical (unpaired) electrons. The van der Waals surface area contributed by atoms with Crippen LogP contribution in [0.2, 0.25) is 0 Å². The van der Waals surface area contributed by atoms with E-state index < -0.39 is 0 Å². The summed E-state index contributed by atoms with van der Waals surface area (Å²) < 4.78 is 1.98. The number of benzene rings is 1. The third-order valence-electron chi connectivity index (χ3n) is 5.85. The maximum absolute atomic E-state index is 13.4. The van der Waals surface area contributed by atoms with Crippen LogP contribution in [0.1, 0.15) is 49.6 Å². The van der Waals surface area contributed by atoms with Gasteiger partial charge in [0.25, 0.3) is 0 Å². The van der Waals surface area contributed by atoms with Crippen molar-refractivity contribution in [2.45, 2.75) is 45.6 Å². The van der Waals surface area contributed by atoms with Crippen molar-refractivity contribution >= 4 is 28.4 Å². The van der Waals surface area contributed by atoms with E-state index in [0.29, 0.717) is 18.9 Å². The number of rotatable bonds is 6. The molecule has 2 atom stereocenters. The Morgan fingerprint density at radius 1 is 1.43 bits per heavy atom. The number of aryl methyl sites for hydroxylation is 2. The van der Waals surface area contributed by atoms with Gasteiger partial charge in [0.2, 0.25) is 5.91 Å². The number of hydrogen-bond acceptors (Lipinski definition) is 4. The van der Waals surface area contributed by atoms with Crippen LogP contribution in [0.3, 0.4) is 0 Å². The molecule has 4 rings (SSSR count). The molecule has 0 bridgehead atoms. The Morgan fingerprint density at radius 2 is 2.29 bits per heavy atom. The Hall–Kier alpha value is -2.08. The molecule has 0 unspecified atom stereocenters. The van der Waals surface area contributed by atoms with E-state index in [-0.39, 0.29) is 11.8 Å². The molecule has 1 aliphatic carbocycles. The lowest BCUT2D eigenvalue weighted by molar-refractivity contribution is -0.119. The predicted octanol–water partition coefficient (Wildman–Crippen LogP) is 4.17. The van der Waals surface area contributed by atoms with Crippen molar-refractivity contribution in [3.8, 4) is 0 Å². The van der Waals surface area contributed by atoms with Gasteiger partial charge in [0.1, 0.15) is 5.82 Å². The number of imidazole rings is 1. The minimum absolute atomic E-state index is 0.135. The second-order valence-corrected chi connectivity index (χ2v) is 9.05. The lowest BCUT2D eigenvalue weighted by atomic mass is 10.0. The highest BCUT2D eigenvalue weighted by Crippen LogP contribution is 2.36. The summed E-state index contributed by atoms with van der Waals surface area (Å²) in [5, 5.41) is 1.12. The minimum Gasteiger partial charge on any atom is -0.337 e. The van der Waals surface area contributed by atoms with Crippen molar-refractivity contribution in [2.75, 3.05) is 17.2 Å². The number of aliphatic imine (C=N–C) groups is 1. The SMILES string of the molecule is C[C@H](CC(=O)N(Cc1nccn1C)c1ccc2c(c1)[C@H](C)CC2)C1=NCCS1. The van der Waals surface area contributed by atoms with Gasteiger partial charge >= 0.3 is 0 Å². The summed E-state index contributed by atoms with van der Waals surface area (Å²) in [6.45, 7) is 5.75. The minimum atomic E-state index is 0.135. The van der Waals surface area contributed by atoms with E-state index in [0.717, 1.165) is 35.3 Å². The highest BCUT2D eigenvalue weighted by Gasteiger charge is 2.26. The fraction of sp³-hybridized carbons (Fsp3) is 0.500. The standard InChI is InChI=1S/C22H28N4OS/c1-15-4-5-17-6-7-18(13-19(15)17)26(14-20-23-8-10-25(20)3)21(27)12-16(2)22-24-9-11-28-22/h6-8,10,13,15-16H,4-5,9,11-12,14H2,1-3H3/t15-,16-/m1/s1. The summed E-state index contributed by atoms with van der Waals surface area (Å²) in [6, 6.07) is 6.53. The van der Waals surface area contributed by atoms with Crippen molar-refractivity contribution < 1.29 is 4.79 Å². The Morgan fingerprint density at radius 3 is 3.00 bits per heavy atom. The van der Waals surface area contributed by atoms with Gasteiger partial charge in [-0.25, -0.2) is 4.98 Å². The molecule has 2 aliphatic rings. The Labute approximate surface area is 171 Å². The zero-order valence-electron chi connectivity index (χ0n) is 16.9. The number of anilines is 1. The summed E-state index contributed by atoms with van der Waals surface area (Å²) >= 11 is 1.79. The molecule has 0 saturated heterocycles. The summed E-state index contributed by atoms with van der Waals surface area (Å²) in [6.07, 6.45) is 6.52. The average Bonchev–Trinajstić information content (AvgIpc) is 3.42. The third-order valence-corrected chi connectivity index (χ3v) is 7.07. The molecule has 2 aromatic rings. The lowest BCUT2D eigenvalue weighted by Gasteiger charge is -2.25. The van der Waals surface area contributed by atoms with Gasteiger partial charge in [-0.1, -0.05) is 19.9 Å². The van der Waals surface area contributed by atoms with Crippen LogP contribution in [0.15, 0.2) is 35.6 Å². The Balaban J connectivity index is 1.61. The van der Waals surface area contributed by atoms with Crippen LogP contribution in [0, 0.1) is 5.92 Å². The zero-order chi connectivity index (χ0) is 19.7. The lowest BCUT2D eigenvalue weighted by Crippen LogP contribution is -2.33. The van der Waals surface area contributed by atoms with Gasteiger partial charge in [-0.15, -0.1) is 11.8 Å². The highest BCUT2D eigenvalue weighted by atomic mass is 32.2. The Kier molecular flexibility index (Phi) is 5.58. The van der Waals surface area contributed by atoms with Crippen LogP contribution in [0.5, 0.6) is 0 Å². The first kappa shape index (κ1) is 19.2. The second-order valence-electron chi connectivity index (χ2n) is 7.93. The maximum Gasteiger partial charge on any atom is 0.228 e. The molecule has 1 aromatic carbocycles. The van der Waals surface area contributed by atoms with Crippen molar-refractivity contribution in [3.63, 3.8) is 0 Å². The molecule has 0 fully saturated rings. The highest BCUT2D eigenvalue weighted by molar-refractivity contribution is 8.14. The summed E-state index contributed by atoms with van der Waals surface area (Å²) in [5.41, 5.74) is 3.79. The molecule has 6 heteroatoms. The summed E-state index contributed by atoms with van der Waals surface area (Å²) in [5.74, 6) is 2.78. The van der Waals surface area contributed by atoms with E-state index >= 15 is 0 Å². The van der Waals surface area contributed by atoms with E-state index in [2.05, 4.69) is 42.0 Å². The van der Waals surface area contributed by atoms with Gasteiger partial charge in [0.15, 0.2) is 0 Å². The topological polar surface area (TPSA) is 50.5 Å². The average molecular weight is 397 g/mol. The second kappa shape index (κ2) is 8.11. The normalized spacial score (nSPS) is 19.4. The monoisotopic (exact) mass is 396 g/mol. The third kappa shape index (κ3) is 3.88. The first-order valence-corrected chi connectivity index (χ1v) is 11.1. The molecular formula is C22H28N4OS. The van der Waals surface area contributed by atoms with Crippen LogP contribution in [-0.2, 0) is 24.8 Å². The van der Waals surface area contributed by atoms with Gasteiger partial charge in [0.05, 0.1) is 11.6 Å². The smallest absolute Gasteiger partial charge is 0.228 e. The van der Waals surface area contributed by atoms with E-state index in [1.807, 2.05) is 22.7 Å². The first-order valence-electron chi connectivity index (χ1n) is 10.1. The fourth-order valence-electron chi connectivity index (χ4n) is 4.09. The van der Waals surface area contributed by atoms with E-state index in [4.69, 9.17) is 0 Å². The molecule has 148 valence electrons. The first-order chi connectivity index (χ1) is 13.5.